The van der Waals surface area contributed by atoms with Gasteiger partial charge >= 0.3 is 0 Å². The fourth-order valence-corrected chi connectivity index (χ4v) is 6.87. The SMILES string of the molecule is CCCCCCCCCCCCc1cccc(OSS[PH+]=S)c1CCCCCCCCCCCC. The van der Waals surface area contributed by atoms with Crippen LogP contribution in [0.3, 0.4) is 0 Å². The van der Waals surface area contributed by atoms with Crippen LogP contribution in [0.4, 0.5) is 0 Å². The second kappa shape index (κ2) is 25.9. The fourth-order valence-electron chi connectivity index (χ4n) is 4.87. The quantitative estimate of drug-likeness (QED) is 0.0484. The van der Waals surface area contributed by atoms with Gasteiger partial charge in [-0.15, -0.1) is 0 Å². The highest BCUT2D eigenvalue weighted by Gasteiger charge is 2.11. The van der Waals surface area contributed by atoms with Crippen LogP contribution in [0, 0.1) is 0 Å². The summed E-state index contributed by atoms with van der Waals surface area (Å²) in [4.78, 5) is 0. The van der Waals surface area contributed by atoms with E-state index < -0.39 is 0 Å². The summed E-state index contributed by atoms with van der Waals surface area (Å²) in [7, 11) is 1.63. The van der Waals surface area contributed by atoms with E-state index in [2.05, 4.69) is 32.0 Å². The Kier molecular flexibility index (Phi) is 24.6. The van der Waals surface area contributed by atoms with Crippen LogP contribution in [0.5, 0.6) is 5.75 Å². The fraction of sp³-hybridized carbons (Fsp3) is 0.800. The van der Waals surface area contributed by atoms with Crippen LogP contribution in [0.1, 0.15) is 153 Å². The molecule has 0 heterocycles. The monoisotopic (exact) mass is 557 g/mol. The number of unbranched alkanes of at least 4 members (excludes halogenated alkanes) is 18. The number of aryl methyl sites for hydroxylation is 1. The van der Waals surface area contributed by atoms with Gasteiger partial charge in [0.05, 0.1) is 0 Å². The summed E-state index contributed by atoms with van der Waals surface area (Å²) >= 11 is 6.55. The minimum atomic E-state index is 0.440. The molecule has 0 aliphatic heterocycles. The van der Waals surface area contributed by atoms with Crippen molar-refractivity contribution in [2.75, 3.05) is 0 Å². The molecule has 1 atom stereocenters. The van der Waals surface area contributed by atoms with Crippen molar-refractivity contribution in [1.29, 1.82) is 0 Å². The van der Waals surface area contributed by atoms with Crippen molar-refractivity contribution in [1.82, 2.24) is 0 Å². The molecule has 0 aliphatic rings. The van der Waals surface area contributed by atoms with Crippen LogP contribution in [0.2, 0.25) is 0 Å². The van der Waals surface area contributed by atoms with Crippen molar-refractivity contribution in [2.24, 2.45) is 0 Å². The minimum Gasteiger partial charge on any atom is -0.411 e. The lowest BCUT2D eigenvalue weighted by molar-refractivity contribution is 0.550. The summed E-state index contributed by atoms with van der Waals surface area (Å²) in [6, 6.07) is 6.69. The highest BCUT2D eigenvalue weighted by Crippen LogP contribution is 2.37. The average Bonchev–Trinajstić information content (AvgIpc) is 2.87. The lowest BCUT2D eigenvalue weighted by atomic mass is 9.95. The van der Waals surface area contributed by atoms with E-state index in [0.717, 1.165) is 12.2 Å². The third-order valence-corrected chi connectivity index (χ3v) is 11.1. The molecule has 202 valence electrons. The molecule has 0 fully saturated rings. The Morgan fingerprint density at radius 3 is 1.57 bits per heavy atom. The molecule has 1 rings (SSSR count). The number of benzene rings is 1. The van der Waals surface area contributed by atoms with E-state index in [1.807, 2.05) is 0 Å². The van der Waals surface area contributed by atoms with E-state index in [-0.39, 0.29) is 0 Å². The van der Waals surface area contributed by atoms with Gasteiger partial charge in [-0.25, -0.2) is 0 Å². The van der Waals surface area contributed by atoms with Crippen LogP contribution in [-0.2, 0) is 24.6 Å². The first kappa shape index (κ1) is 33.3. The summed E-state index contributed by atoms with van der Waals surface area (Å²) in [6.45, 7) is 5.03. The maximum atomic E-state index is 6.08. The van der Waals surface area contributed by atoms with Gasteiger partial charge in [0.25, 0.3) is 0 Å². The second-order valence-electron chi connectivity index (χ2n) is 10.1. The molecule has 1 unspecified atom stereocenters. The van der Waals surface area contributed by atoms with Crippen molar-refractivity contribution in [3.05, 3.63) is 29.3 Å². The summed E-state index contributed by atoms with van der Waals surface area (Å²) in [5.74, 6) is 1.08. The Balaban J connectivity index is 2.36. The molecule has 0 bridgehead atoms. The topological polar surface area (TPSA) is 9.23 Å². The predicted octanol–water partition coefficient (Wildman–Crippen LogP) is 12.3. The van der Waals surface area contributed by atoms with Gasteiger partial charge in [-0.3, -0.25) is 0 Å². The molecule has 35 heavy (non-hydrogen) atoms. The maximum Gasteiger partial charge on any atom is 0.245 e. The Bertz CT molecular complexity index is 611. The first-order valence-corrected chi connectivity index (χ1v) is 19.7. The smallest absolute Gasteiger partial charge is 0.245 e. The van der Waals surface area contributed by atoms with E-state index in [4.69, 9.17) is 16.0 Å². The van der Waals surface area contributed by atoms with Gasteiger partial charge < -0.3 is 4.18 Å². The molecule has 0 spiro atoms. The van der Waals surface area contributed by atoms with E-state index in [1.54, 1.807) is 10.4 Å². The molecule has 1 nitrogen and oxygen atoms in total. The van der Waals surface area contributed by atoms with E-state index in [1.165, 1.54) is 157 Å². The number of rotatable bonds is 26. The molecule has 0 saturated heterocycles. The number of hydrogen-bond donors (Lipinski definition) is 0. The predicted molar refractivity (Wildman–Crippen MR) is 169 cm³/mol. The zero-order valence-electron chi connectivity index (χ0n) is 22.9. The molecular formula is C30H54OPS3+. The van der Waals surface area contributed by atoms with Crippen molar-refractivity contribution in [3.8, 4) is 5.75 Å². The van der Waals surface area contributed by atoms with Crippen LogP contribution in [0.15, 0.2) is 18.2 Å². The van der Waals surface area contributed by atoms with Gasteiger partial charge in [0.2, 0.25) is 17.0 Å². The van der Waals surface area contributed by atoms with Crippen LogP contribution in [-0.4, -0.2) is 0 Å². The molecule has 1 aromatic carbocycles. The third kappa shape index (κ3) is 19.0. The van der Waals surface area contributed by atoms with E-state index >= 15 is 0 Å². The van der Waals surface area contributed by atoms with E-state index in [0.29, 0.717) is 6.56 Å². The van der Waals surface area contributed by atoms with Crippen LogP contribution < -0.4 is 4.18 Å². The maximum absolute atomic E-state index is 6.08. The van der Waals surface area contributed by atoms with Gasteiger partial charge in [0.1, 0.15) is 5.75 Å². The average molecular weight is 558 g/mol. The van der Waals surface area contributed by atoms with Crippen LogP contribution in [0.25, 0.3) is 0 Å². The van der Waals surface area contributed by atoms with Crippen molar-refractivity contribution in [2.45, 2.75) is 155 Å². The molecule has 5 heteroatoms. The normalized spacial score (nSPS) is 11.4. The first-order valence-electron chi connectivity index (χ1n) is 14.8. The Morgan fingerprint density at radius 2 is 1.09 bits per heavy atom. The lowest BCUT2D eigenvalue weighted by Crippen LogP contribution is -1.99. The van der Waals surface area contributed by atoms with Gasteiger partial charge in [0.15, 0.2) is 22.9 Å². The molecule has 0 saturated carbocycles. The van der Waals surface area contributed by atoms with Crippen LogP contribution >= 0.6 is 28.0 Å². The molecule has 0 radical (unpaired) electrons. The molecule has 0 aromatic heterocycles. The highest BCUT2D eigenvalue weighted by atomic mass is 33.4. The Hall–Kier alpha value is 0.240. The minimum absolute atomic E-state index is 0.440. The molecule has 0 N–H and O–H groups in total. The number of hydrogen-bond acceptors (Lipinski definition) is 4. The van der Waals surface area contributed by atoms with Crippen molar-refractivity contribution in [3.63, 3.8) is 0 Å². The summed E-state index contributed by atoms with van der Waals surface area (Å²) in [5, 5.41) is 0. The van der Waals surface area contributed by atoms with Crippen molar-refractivity contribution < 1.29 is 4.18 Å². The van der Waals surface area contributed by atoms with Crippen molar-refractivity contribution >= 4 is 39.9 Å². The molecule has 1 aromatic rings. The molecule has 0 amide bonds. The largest absolute Gasteiger partial charge is 0.411 e. The Morgan fingerprint density at radius 1 is 0.629 bits per heavy atom. The second-order valence-corrected chi connectivity index (χ2v) is 15.1. The van der Waals surface area contributed by atoms with Gasteiger partial charge in [0, 0.05) is 0 Å². The zero-order valence-corrected chi connectivity index (χ0v) is 26.4. The highest BCUT2D eigenvalue weighted by molar-refractivity contribution is 8.97. The lowest BCUT2D eigenvalue weighted by Gasteiger charge is -2.14. The summed E-state index contributed by atoms with van der Waals surface area (Å²) < 4.78 is 6.08. The van der Waals surface area contributed by atoms with E-state index in [9.17, 15) is 0 Å². The zero-order chi connectivity index (χ0) is 25.2. The first-order chi connectivity index (χ1) is 17.3. The Labute approximate surface area is 233 Å². The summed E-state index contributed by atoms with van der Waals surface area (Å²) in [6.07, 6.45) is 30.2. The molecular weight excluding hydrogens is 504 g/mol. The molecule has 0 aliphatic carbocycles. The standard InChI is InChI=1S/C30H53OPS3/c1-3-5-7-9-11-13-15-17-19-21-24-28-25-23-27-30(31-34-35-32-33)29(28)26-22-20-18-16-14-12-10-8-6-4-2/h23,25,27H,3-22,24,26H2,1-2H3/p+1. The third-order valence-electron chi connectivity index (χ3n) is 7.00. The van der Waals surface area contributed by atoms with Gasteiger partial charge in [-0.05, 0) is 42.9 Å². The van der Waals surface area contributed by atoms with Gasteiger partial charge in [-0.2, -0.15) is 0 Å². The van der Waals surface area contributed by atoms with Gasteiger partial charge in [-0.1, -0.05) is 142 Å². The summed E-state index contributed by atoms with van der Waals surface area (Å²) in [5.41, 5.74) is 2.98.